The molecule has 1 aromatic carbocycles. The van der Waals surface area contributed by atoms with Crippen LogP contribution >= 0.6 is 0 Å². The van der Waals surface area contributed by atoms with E-state index in [1.165, 1.54) is 22.8 Å². The first-order chi connectivity index (χ1) is 16.6. The summed E-state index contributed by atoms with van der Waals surface area (Å²) in [5, 5.41) is 22.9. The highest BCUT2D eigenvalue weighted by Gasteiger charge is 2.45. The Hall–Kier alpha value is -3.09. The van der Waals surface area contributed by atoms with Crippen LogP contribution in [0.5, 0.6) is 0 Å². The monoisotopic (exact) mass is 503 g/mol. The summed E-state index contributed by atoms with van der Waals surface area (Å²) in [6.45, 7) is -0.998. The molecule has 2 aromatic heterocycles. The average Bonchev–Trinajstić information content (AvgIpc) is 3.35. The lowest BCUT2D eigenvalue weighted by Crippen LogP contribution is -2.47. The molecule has 2 saturated heterocycles. The number of amides is 1. The fourth-order valence-electron chi connectivity index (χ4n) is 5.61. The standard InChI is InChI=1S/C23H26FN5O5S/c1-35(33,34)21-20(14-6-15-4-5-16(7-14)28(15)19(32)11-31)27-23-17(9-26-29(23)22(21)25)12-2-3-13(10-30)18(24)8-12/h2-3,8-9,14-16,30-31H,4-7,10-11,25H2,1H3/t14-,15+,16-. The summed E-state index contributed by atoms with van der Waals surface area (Å²) in [7, 11) is -3.78. The number of carbonyl (C=O) groups is 1. The van der Waals surface area contributed by atoms with Crippen LogP contribution in [0.15, 0.2) is 29.3 Å². The van der Waals surface area contributed by atoms with Crippen molar-refractivity contribution in [3.63, 3.8) is 0 Å². The third kappa shape index (κ3) is 3.85. The predicted octanol–water partition coefficient (Wildman–Crippen LogP) is 1.24. The largest absolute Gasteiger partial charge is 0.392 e. The topological polar surface area (TPSA) is 151 Å². The minimum Gasteiger partial charge on any atom is -0.392 e. The maximum absolute atomic E-state index is 14.4. The molecule has 2 aliphatic rings. The van der Waals surface area contributed by atoms with Crippen molar-refractivity contribution in [2.45, 2.75) is 55.2 Å². The molecule has 10 nitrogen and oxygen atoms in total. The van der Waals surface area contributed by atoms with Crippen LogP contribution in [0.1, 0.15) is 42.9 Å². The van der Waals surface area contributed by atoms with Crippen molar-refractivity contribution in [3.8, 4) is 11.1 Å². The number of piperidine rings is 1. The molecule has 35 heavy (non-hydrogen) atoms. The van der Waals surface area contributed by atoms with Gasteiger partial charge >= 0.3 is 0 Å². The number of rotatable bonds is 5. The number of anilines is 1. The second kappa shape index (κ2) is 8.54. The van der Waals surface area contributed by atoms with E-state index < -0.39 is 28.9 Å². The highest BCUT2D eigenvalue weighted by molar-refractivity contribution is 7.91. The lowest BCUT2D eigenvalue weighted by atomic mass is 9.87. The van der Waals surface area contributed by atoms with Gasteiger partial charge in [-0.15, -0.1) is 0 Å². The van der Waals surface area contributed by atoms with E-state index >= 15 is 0 Å². The molecule has 0 unspecified atom stereocenters. The molecule has 0 radical (unpaired) electrons. The number of carbonyl (C=O) groups excluding carboxylic acids is 1. The van der Waals surface area contributed by atoms with Gasteiger partial charge in [-0.2, -0.15) is 9.61 Å². The van der Waals surface area contributed by atoms with Crippen molar-refractivity contribution in [3.05, 3.63) is 41.5 Å². The van der Waals surface area contributed by atoms with Gasteiger partial charge in [-0.25, -0.2) is 17.8 Å². The molecule has 0 aliphatic carbocycles. The molecule has 5 rings (SSSR count). The summed E-state index contributed by atoms with van der Waals surface area (Å²) in [6, 6.07) is 4.13. The Morgan fingerprint density at radius 2 is 1.91 bits per heavy atom. The molecule has 12 heteroatoms. The molecule has 2 aliphatic heterocycles. The Kier molecular flexibility index (Phi) is 5.77. The Morgan fingerprint density at radius 3 is 2.49 bits per heavy atom. The maximum Gasteiger partial charge on any atom is 0.248 e. The molecule has 0 spiro atoms. The summed E-state index contributed by atoms with van der Waals surface area (Å²) in [5.41, 5.74) is 8.03. The number of nitrogens with zero attached hydrogens (tertiary/aromatic N) is 4. The normalized spacial score (nSPS) is 22.2. The number of halogens is 1. The van der Waals surface area contributed by atoms with Crippen molar-refractivity contribution in [1.82, 2.24) is 19.5 Å². The van der Waals surface area contributed by atoms with Crippen LogP contribution in [0, 0.1) is 5.82 Å². The summed E-state index contributed by atoms with van der Waals surface area (Å²) < 4.78 is 41.3. The summed E-state index contributed by atoms with van der Waals surface area (Å²) in [6.07, 6.45) is 5.06. The highest BCUT2D eigenvalue weighted by Crippen LogP contribution is 2.45. The highest BCUT2D eigenvalue weighted by atomic mass is 32.2. The zero-order valence-corrected chi connectivity index (χ0v) is 19.9. The predicted molar refractivity (Wildman–Crippen MR) is 125 cm³/mol. The lowest BCUT2D eigenvalue weighted by Gasteiger charge is -2.39. The second-order valence-corrected chi connectivity index (χ2v) is 11.2. The van der Waals surface area contributed by atoms with Gasteiger partial charge in [0.05, 0.1) is 18.5 Å². The summed E-state index contributed by atoms with van der Waals surface area (Å²) in [4.78, 5) is 18.6. The lowest BCUT2D eigenvalue weighted by molar-refractivity contribution is -0.138. The third-order valence-electron chi connectivity index (χ3n) is 7.11. The van der Waals surface area contributed by atoms with Gasteiger partial charge in [-0.1, -0.05) is 12.1 Å². The number of fused-ring (bicyclic) bond motifs is 3. The van der Waals surface area contributed by atoms with Crippen LogP contribution in [0.3, 0.4) is 0 Å². The van der Waals surface area contributed by atoms with Crippen LogP contribution in [0.2, 0.25) is 0 Å². The van der Waals surface area contributed by atoms with E-state index in [0.717, 1.165) is 19.1 Å². The number of sulfone groups is 1. The molecule has 1 amide bonds. The van der Waals surface area contributed by atoms with Crippen LogP contribution in [0.4, 0.5) is 10.2 Å². The van der Waals surface area contributed by atoms with E-state index in [-0.39, 0.29) is 40.2 Å². The van der Waals surface area contributed by atoms with Crippen LogP contribution in [0.25, 0.3) is 16.8 Å². The Balaban J connectivity index is 1.65. The Labute approximate surface area is 201 Å². The Bertz CT molecular complexity index is 1430. The molecule has 0 saturated carbocycles. The molecular weight excluding hydrogens is 477 g/mol. The number of aliphatic hydroxyl groups is 2. The number of benzene rings is 1. The second-order valence-electron chi connectivity index (χ2n) is 9.25. The average molecular weight is 504 g/mol. The van der Waals surface area contributed by atoms with Crippen molar-refractivity contribution >= 4 is 27.2 Å². The van der Waals surface area contributed by atoms with E-state index in [9.17, 15) is 27.8 Å². The summed E-state index contributed by atoms with van der Waals surface area (Å²) in [5.74, 6) is -1.26. The summed E-state index contributed by atoms with van der Waals surface area (Å²) >= 11 is 0. The van der Waals surface area contributed by atoms with Gasteiger partial charge in [0.1, 0.15) is 23.1 Å². The molecule has 4 heterocycles. The smallest absolute Gasteiger partial charge is 0.248 e. The van der Waals surface area contributed by atoms with Crippen molar-refractivity contribution in [2.75, 3.05) is 18.6 Å². The van der Waals surface area contributed by atoms with Gasteiger partial charge in [0.2, 0.25) is 5.91 Å². The van der Waals surface area contributed by atoms with Gasteiger partial charge in [-0.05, 0) is 37.3 Å². The number of aliphatic hydroxyl groups excluding tert-OH is 2. The number of nitrogens with two attached hydrogens (primary N) is 1. The molecule has 3 atom stereocenters. The molecule has 2 fully saturated rings. The van der Waals surface area contributed by atoms with E-state index in [2.05, 4.69) is 5.10 Å². The first-order valence-corrected chi connectivity index (χ1v) is 13.2. The van der Waals surface area contributed by atoms with E-state index in [4.69, 9.17) is 10.7 Å². The third-order valence-corrected chi connectivity index (χ3v) is 8.27. The minimum absolute atomic E-state index is 0.0765. The van der Waals surface area contributed by atoms with Crippen molar-refractivity contribution in [1.29, 1.82) is 0 Å². The van der Waals surface area contributed by atoms with E-state index in [0.29, 0.717) is 35.3 Å². The van der Waals surface area contributed by atoms with Gasteiger partial charge in [0, 0.05) is 35.4 Å². The van der Waals surface area contributed by atoms with Crippen molar-refractivity contribution < 1.29 is 27.8 Å². The molecular formula is C23H26FN5O5S. The number of hydrogen-bond donors (Lipinski definition) is 3. The molecule has 2 bridgehead atoms. The van der Waals surface area contributed by atoms with Crippen molar-refractivity contribution in [2.24, 2.45) is 0 Å². The number of nitrogen functional groups attached to an aromatic ring is 1. The van der Waals surface area contributed by atoms with Crippen LogP contribution in [-0.2, 0) is 21.2 Å². The van der Waals surface area contributed by atoms with E-state index in [1.807, 2.05) is 0 Å². The molecule has 4 N–H and O–H groups in total. The number of aromatic nitrogens is 3. The van der Waals surface area contributed by atoms with Gasteiger partial charge in [-0.3, -0.25) is 4.79 Å². The fourth-order valence-corrected chi connectivity index (χ4v) is 6.67. The fraction of sp³-hybridized carbons (Fsp3) is 0.435. The first kappa shape index (κ1) is 23.6. The quantitative estimate of drug-likeness (QED) is 0.471. The number of hydrogen-bond acceptors (Lipinski definition) is 8. The van der Waals surface area contributed by atoms with Crippen LogP contribution in [-0.4, -0.2) is 69.0 Å². The Morgan fingerprint density at radius 1 is 1.23 bits per heavy atom. The van der Waals surface area contributed by atoms with Gasteiger partial charge in [0.25, 0.3) is 0 Å². The van der Waals surface area contributed by atoms with Gasteiger partial charge in [0.15, 0.2) is 15.5 Å². The first-order valence-electron chi connectivity index (χ1n) is 11.3. The van der Waals surface area contributed by atoms with Crippen LogP contribution < -0.4 is 5.73 Å². The zero-order valence-electron chi connectivity index (χ0n) is 19.1. The SMILES string of the molecule is CS(=O)(=O)c1c([C@H]2C[C@H]3CC[C@@H](C2)N3C(=O)CO)nc2c(-c3ccc(CO)c(F)c3)cnn2c1N. The maximum atomic E-state index is 14.4. The van der Waals surface area contributed by atoms with E-state index in [1.54, 1.807) is 11.0 Å². The zero-order chi connectivity index (χ0) is 25.1. The molecule has 3 aromatic rings. The molecule has 186 valence electrons. The minimum atomic E-state index is -3.78. The van der Waals surface area contributed by atoms with Gasteiger partial charge < -0.3 is 20.8 Å².